The van der Waals surface area contributed by atoms with Gasteiger partial charge in [-0.15, -0.1) is 0 Å². The van der Waals surface area contributed by atoms with Crippen LogP contribution in [0.3, 0.4) is 0 Å². The fourth-order valence-electron chi connectivity index (χ4n) is 7.92. The van der Waals surface area contributed by atoms with Crippen molar-refractivity contribution in [3.63, 3.8) is 0 Å². The van der Waals surface area contributed by atoms with Crippen LogP contribution in [0.2, 0.25) is 0 Å². The molecule has 8 atom stereocenters. The van der Waals surface area contributed by atoms with E-state index in [1.807, 2.05) is 0 Å². The molecule has 1 heterocycles. The molecule has 4 aliphatic carbocycles. The average molecular weight is 333 g/mol. The maximum atomic E-state index is 12.5. The highest BCUT2D eigenvalue weighted by Gasteiger charge is 2.64. The number of thioether (sulfide) groups is 1. The number of hydrogen-bond donors (Lipinski definition) is 0. The van der Waals surface area contributed by atoms with Crippen LogP contribution in [0.4, 0.5) is 0 Å². The standard InChI is InChI=1S/C21H32OS/c1-13-10-20(3)14(11-21(13)12-23-21)4-5-15-16-6-7-18(22)19(16,2)9-8-17(15)20/h13-17H,4-12H2,1-3H3. The fourth-order valence-corrected chi connectivity index (χ4v) is 9.19. The van der Waals surface area contributed by atoms with Crippen LogP contribution in [0.15, 0.2) is 0 Å². The van der Waals surface area contributed by atoms with Crippen LogP contribution in [0.25, 0.3) is 0 Å². The monoisotopic (exact) mass is 332 g/mol. The summed E-state index contributed by atoms with van der Waals surface area (Å²) in [6, 6.07) is 0. The topological polar surface area (TPSA) is 17.1 Å². The quantitative estimate of drug-likeness (QED) is 0.558. The molecule has 0 N–H and O–H groups in total. The second kappa shape index (κ2) is 4.59. The highest BCUT2D eigenvalue weighted by molar-refractivity contribution is 8.07. The SMILES string of the molecule is CC1CC2(C)C(CCC3C4CCC(=O)C4(C)CCC32)CC12CS2. The van der Waals surface area contributed by atoms with E-state index >= 15 is 0 Å². The van der Waals surface area contributed by atoms with Gasteiger partial charge in [0.2, 0.25) is 0 Å². The summed E-state index contributed by atoms with van der Waals surface area (Å²) in [4.78, 5) is 12.5. The molecule has 128 valence electrons. The lowest BCUT2D eigenvalue weighted by Crippen LogP contribution is -2.55. The lowest BCUT2D eigenvalue weighted by atomic mass is 9.43. The van der Waals surface area contributed by atoms with Crippen molar-refractivity contribution < 1.29 is 4.79 Å². The third-order valence-electron chi connectivity index (χ3n) is 9.53. The summed E-state index contributed by atoms with van der Waals surface area (Å²) in [6.07, 6.45) is 10.4. The molecule has 8 unspecified atom stereocenters. The second-order valence-electron chi connectivity index (χ2n) is 10.2. The highest BCUT2D eigenvalue weighted by atomic mass is 32.2. The number of carbonyl (C=O) groups excluding carboxylic acids is 1. The van der Waals surface area contributed by atoms with Crippen LogP contribution < -0.4 is 0 Å². The van der Waals surface area contributed by atoms with E-state index in [1.54, 1.807) is 0 Å². The number of Topliss-reactive ketones (excluding diaryl/α,β-unsaturated/α-hetero) is 1. The van der Waals surface area contributed by atoms with Crippen molar-refractivity contribution >= 4 is 17.5 Å². The average Bonchev–Trinajstić information content (AvgIpc) is 3.22. The number of hydrogen-bond acceptors (Lipinski definition) is 2. The molecule has 0 aromatic heterocycles. The molecule has 23 heavy (non-hydrogen) atoms. The molecule has 1 spiro atoms. The van der Waals surface area contributed by atoms with Crippen molar-refractivity contribution in [3.8, 4) is 0 Å². The molecule has 5 rings (SSSR count). The van der Waals surface area contributed by atoms with Crippen LogP contribution in [0.5, 0.6) is 0 Å². The van der Waals surface area contributed by atoms with E-state index in [-0.39, 0.29) is 5.41 Å². The Bertz CT molecular complexity index is 552. The summed E-state index contributed by atoms with van der Waals surface area (Å²) in [7, 11) is 0. The van der Waals surface area contributed by atoms with Crippen molar-refractivity contribution in [2.45, 2.75) is 76.9 Å². The van der Waals surface area contributed by atoms with Gasteiger partial charge in [0.15, 0.2) is 0 Å². The molecular formula is C21H32OS. The largest absolute Gasteiger partial charge is 0.299 e. The molecule has 0 bridgehead atoms. The molecule has 1 nitrogen and oxygen atoms in total. The summed E-state index contributed by atoms with van der Waals surface area (Å²) >= 11 is 2.25. The molecule has 2 heteroatoms. The minimum atomic E-state index is 0.0538. The van der Waals surface area contributed by atoms with Gasteiger partial charge in [0, 0.05) is 22.3 Å². The molecule has 1 aliphatic heterocycles. The van der Waals surface area contributed by atoms with Crippen LogP contribution in [0, 0.1) is 40.4 Å². The van der Waals surface area contributed by atoms with Gasteiger partial charge in [-0.3, -0.25) is 4.79 Å². The first kappa shape index (κ1) is 15.3. The van der Waals surface area contributed by atoms with Crippen molar-refractivity contribution in [1.29, 1.82) is 0 Å². The van der Waals surface area contributed by atoms with E-state index in [2.05, 4.69) is 32.5 Å². The van der Waals surface area contributed by atoms with E-state index in [1.165, 1.54) is 50.7 Å². The van der Waals surface area contributed by atoms with Gasteiger partial charge < -0.3 is 0 Å². The first-order valence-corrected chi connectivity index (χ1v) is 11.0. The zero-order valence-electron chi connectivity index (χ0n) is 15.1. The van der Waals surface area contributed by atoms with Gasteiger partial charge in [-0.1, -0.05) is 20.8 Å². The van der Waals surface area contributed by atoms with Gasteiger partial charge in [-0.25, -0.2) is 0 Å². The van der Waals surface area contributed by atoms with Gasteiger partial charge in [-0.05, 0) is 80.0 Å². The zero-order valence-corrected chi connectivity index (χ0v) is 15.9. The first-order valence-electron chi connectivity index (χ1n) is 10.1. The summed E-state index contributed by atoms with van der Waals surface area (Å²) in [5.74, 6) is 6.39. The fraction of sp³-hybridized carbons (Fsp3) is 0.952. The molecule has 5 aliphatic rings. The predicted octanol–water partition coefficient (Wildman–Crippen LogP) is 5.33. The van der Waals surface area contributed by atoms with Crippen molar-refractivity contribution in [2.24, 2.45) is 40.4 Å². The summed E-state index contributed by atoms with van der Waals surface area (Å²) < 4.78 is 0.684. The van der Waals surface area contributed by atoms with E-state index < -0.39 is 0 Å². The Morgan fingerprint density at radius 1 is 1.04 bits per heavy atom. The number of fused-ring (bicyclic) bond motifs is 5. The lowest BCUT2D eigenvalue weighted by molar-refractivity contribution is -0.141. The van der Waals surface area contributed by atoms with Gasteiger partial charge in [-0.2, -0.15) is 11.8 Å². The molecule has 4 saturated carbocycles. The van der Waals surface area contributed by atoms with Crippen LogP contribution in [-0.2, 0) is 4.79 Å². The smallest absolute Gasteiger partial charge is 0.139 e. The number of ketones is 1. The molecule has 0 aromatic rings. The Labute approximate surface area is 145 Å². The molecular weight excluding hydrogens is 300 g/mol. The summed E-state index contributed by atoms with van der Waals surface area (Å²) in [5.41, 5.74) is 0.627. The van der Waals surface area contributed by atoms with Gasteiger partial charge in [0.05, 0.1) is 0 Å². The van der Waals surface area contributed by atoms with Crippen molar-refractivity contribution in [1.82, 2.24) is 0 Å². The maximum absolute atomic E-state index is 12.5. The Morgan fingerprint density at radius 2 is 1.83 bits per heavy atom. The molecule has 0 radical (unpaired) electrons. The molecule has 5 fully saturated rings. The van der Waals surface area contributed by atoms with E-state index in [4.69, 9.17) is 0 Å². The minimum Gasteiger partial charge on any atom is -0.299 e. The van der Waals surface area contributed by atoms with Crippen LogP contribution in [0.1, 0.15) is 72.1 Å². The number of carbonyl (C=O) groups is 1. The summed E-state index contributed by atoms with van der Waals surface area (Å²) in [6.45, 7) is 7.51. The third kappa shape index (κ3) is 1.85. The van der Waals surface area contributed by atoms with E-state index in [0.29, 0.717) is 21.9 Å². The Balaban J connectivity index is 1.47. The van der Waals surface area contributed by atoms with Gasteiger partial charge in [0.1, 0.15) is 5.78 Å². The second-order valence-corrected chi connectivity index (χ2v) is 11.6. The molecule has 0 amide bonds. The molecule has 0 aromatic carbocycles. The Kier molecular flexibility index (Phi) is 3.05. The maximum Gasteiger partial charge on any atom is 0.139 e. The Hall–Kier alpha value is 0.0200. The van der Waals surface area contributed by atoms with Crippen LogP contribution in [-0.4, -0.2) is 16.3 Å². The van der Waals surface area contributed by atoms with Crippen molar-refractivity contribution in [3.05, 3.63) is 0 Å². The Morgan fingerprint density at radius 3 is 2.57 bits per heavy atom. The highest BCUT2D eigenvalue weighted by Crippen LogP contribution is 2.70. The zero-order chi connectivity index (χ0) is 16.0. The van der Waals surface area contributed by atoms with Gasteiger partial charge >= 0.3 is 0 Å². The predicted molar refractivity (Wildman–Crippen MR) is 96.5 cm³/mol. The van der Waals surface area contributed by atoms with Gasteiger partial charge in [0.25, 0.3) is 0 Å². The summed E-state index contributed by atoms with van der Waals surface area (Å²) in [5, 5.41) is 0. The third-order valence-corrected chi connectivity index (χ3v) is 11.1. The first-order chi connectivity index (χ1) is 10.9. The lowest BCUT2D eigenvalue weighted by Gasteiger charge is -2.61. The minimum absolute atomic E-state index is 0.0538. The molecule has 1 saturated heterocycles. The van der Waals surface area contributed by atoms with Crippen molar-refractivity contribution in [2.75, 3.05) is 5.75 Å². The van der Waals surface area contributed by atoms with E-state index in [9.17, 15) is 4.79 Å². The normalized spacial score (nSPS) is 61.0. The van der Waals surface area contributed by atoms with E-state index in [0.717, 1.165) is 30.1 Å². The van der Waals surface area contributed by atoms with Crippen LogP contribution >= 0.6 is 11.8 Å². The number of rotatable bonds is 0.